The zero-order valence-electron chi connectivity index (χ0n) is 18.5. The van der Waals surface area contributed by atoms with Crippen molar-refractivity contribution < 1.29 is 0 Å². The third kappa shape index (κ3) is 2.95. The Bertz CT molecular complexity index is 1330. The van der Waals surface area contributed by atoms with Crippen molar-refractivity contribution >= 4 is 5.52 Å². The van der Waals surface area contributed by atoms with Gasteiger partial charge in [0.1, 0.15) is 11.4 Å². The van der Waals surface area contributed by atoms with Crippen LogP contribution in [0.5, 0.6) is 0 Å². The molecule has 4 aromatic heterocycles. The topological polar surface area (TPSA) is 70.2 Å². The van der Waals surface area contributed by atoms with Gasteiger partial charge in [-0.3, -0.25) is 9.36 Å². The smallest absolute Gasteiger partial charge is 0.272 e. The molecular weight excluding hydrogens is 400 g/mol. The molecule has 0 amide bonds. The van der Waals surface area contributed by atoms with Gasteiger partial charge in [0.05, 0.1) is 35.3 Å². The molecule has 2 aliphatic carbocycles. The Kier molecular flexibility index (Phi) is 4.06. The summed E-state index contributed by atoms with van der Waals surface area (Å²) < 4.78 is 5.80. The summed E-state index contributed by atoms with van der Waals surface area (Å²) in [5.74, 6) is 0. The van der Waals surface area contributed by atoms with Crippen molar-refractivity contribution in [1.29, 1.82) is 0 Å². The highest BCUT2D eigenvalue weighted by Gasteiger charge is 2.55. The predicted octanol–water partition coefficient (Wildman–Crippen LogP) is 4.39. The van der Waals surface area contributed by atoms with Gasteiger partial charge in [0.2, 0.25) is 0 Å². The lowest BCUT2D eigenvalue weighted by molar-refractivity contribution is -0.0517. The van der Waals surface area contributed by atoms with E-state index in [-0.39, 0.29) is 5.54 Å². The highest BCUT2D eigenvalue weighted by molar-refractivity contribution is 5.77. The number of hydrogen-bond donors (Lipinski definition) is 0. The summed E-state index contributed by atoms with van der Waals surface area (Å²) in [5.41, 5.74) is 4.92. The second-order valence-electron chi connectivity index (χ2n) is 9.91. The Balaban J connectivity index is 1.31. The Morgan fingerprint density at radius 1 is 1.09 bits per heavy atom. The van der Waals surface area contributed by atoms with Gasteiger partial charge in [-0.1, -0.05) is 4.85 Å². The van der Waals surface area contributed by atoms with Crippen LogP contribution >= 0.6 is 0 Å². The Hall–Kier alpha value is -3.47. The average molecular weight is 428 g/mol. The fraction of sp³-hybridized carbons (Fsp3) is 0.458. The van der Waals surface area contributed by atoms with E-state index in [1.807, 2.05) is 42.3 Å². The minimum absolute atomic E-state index is 0.0417. The molecule has 8 nitrogen and oxygen atoms in total. The lowest BCUT2D eigenvalue weighted by atomic mass is 9.52. The monoisotopic (exact) mass is 427 g/mol. The largest absolute Gasteiger partial charge is 0.275 e. The minimum Gasteiger partial charge on any atom is -0.275 e. The summed E-state index contributed by atoms with van der Waals surface area (Å²) in [6.07, 6.45) is 16.7. The van der Waals surface area contributed by atoms with Gasteiger partial charge in [0.15, 0.2) is 0 Å². The second kappa shape index (κ2) is 6.76. The molecule has 6 rings (SSSR count). The normalized spacial score (nSPS) is 27.5. The van der Waals surface area contributed by atoms with E-state index in [4.69, 9.17) is 16.7 Å². The summed E-state index contributed by atoms with van der Waals surface area (Å²) >= 11 is 0. The van der Waals surface area contributed by atoms with Crippen molar-refractivity contribution in [3.8, 4) is 29.2 Å². The first-order valence-electron chi connectivity index (χ1n) is 11.3. The summed E-state index contributed by atoms with van der Waals surface area (Å²) in [4.78, 5) is 8.97. The van der Waals surface area contributed by atoms with Crippen LogP contribution in [0.15, 0.2) is 43.1 Å². The molecule has 0 radical (unpaired) electrons. The number of rotatable bonds is 3. The van der Waals surface area contributed by atoms with E-state index in [1.165, 1.54) is 12.8 Å². The zero-order chi connectivity index (χ0) is 21.9. The zero-order valence-corrected chi connectivity index (χ0v) is 18.5. The highest BCUT2D eigenvalue weighted by atomic mass is 15.3. The van der Waals surface area contributed by atoms with E-state index in [0.29, 0.717) is 11.5 Å². The van der Waals surface area contributed by atoms with Crippen LogP contribution in [-0.2, 0) is 12.6 Å². The number of aryl methyl sites for hydroxylation is 1. The lowest BCUT2D eigenvalue weighted by Crippen LogP contribution is -2.53. The van der Waals surface area contributed by atoms with E-state index in [0.717, 1.165) is 53.8 Å². The van der Waals surface area contributed by atoms with Crippen molar-refractivity contribution in [2.75, 3.05) is 0 Å². The van der Waals surface area contributed by atoms with E-state index in [9.17, 15) is 0 Å². The molecule has 0 aromatic carbocycles. The molecule has 162 valence electrons. The molecule has 0 bridgehead atoms. The van der Waals surface area contributed by atoms with Crippen LogP contribution in [0.2, 0.25) is 0 Å². The fourth-order valence-corrected chi connectivity index (χ4v) is 6.00. The first-order valence-corrected chi connectivity index (χ1v) is 11.3. The van der Waals surface area contributed by atoms with Crippen LogP contribution in [-0.4, -0.2) is 40.2 Å². The predicted molar refractivity (Wildman–Crippen MR) is 122 cm³/mol. The van der Waals surface area contributed by atoms with Gasteiger partial charge in [0, 0.05) is 37.8 Å². The van der Waals surface area contributed by atoms with Gasteiger partial charge in [0.25, 0.3) is 12.6 Å². The third-order valence-corrected chi connectivity index (χ3v) is 7.51. The van der Waals surface area contributed by atoms with Gasteiger partial charge in [-0.2, -0.15) is 15.3 Å². The Labute approximate surface area is 186 Å². The molecule has 0 atom stereocenters. The second-order valence-corrected chi connectivity index (χ2v) is 9.91. The average Bonchev–Trinajstić information content (AvgIpc) is 3.53. The fourth-order valence-electron chi connectivity index (χ4n) is 6.00. The lowest BCUT2D eigenvalue weighted by Gasteiger charge is -2.56. The third-order valence-electron chi connectivity index (χ3n) is 7.51. The van der Waals surface area contributed by atoms with Crippen LogP contribution in [0.3, 0.4) is 0 Å². The molecule has 2 saturated carbocycles. The SMILES string of the molecule is C#[N+]C1CCC2(CC1)CC(C)(n1cc(-c3nc(-c4ccn(C)n4)cn4nccc34)cn1)C2. The van der Waals surface area contributed by atoms with Crippen LogP contribution in [0.4, 0.5) is 0 Å². The van der Waals surface area contributed by atoms with Gasteiger partial charge in [-0.15, -0.1) is 0 Å². The van der Waals surface area contributed by atoms with Crippen molar-refractivity contribution in [3.05, 3.63) is 48.0 Å². The van der Waals surface area contributed by atoms with Gasteiger partial charge in [-0.25, -0.2) is 9.50 Å². The Morgan fingerprint density at radius 2 is 1.91 bits per heavy atom. The summed E-state index contributed by atoms with van der Waals surface area (Å²) in [5, 5.41) is 13.7. The maximum absolute atomic E-state index is 5.53. The van der Waals surface area contributed by atoms with Crippen molar-refractivity contribution in [1.82, 2.24) is 34.2 Å². The van der Waals surface area contributed by atoms with Crippen LogP contribution in [0.1, 0.15) is 45.4 Å². The minimum atomic E-state index is 0.0417. The maximum Gasteiger partial charge on any atom is 0.272 e. The molecule has 4 aromatic rings. The van der Waals surface area contributed by atoms with Crippen LogP contribution < -0.4 is 0 Å². The summed E-state index contributed by atoms with van der Waals surface area (Å²) in [7, 11) is 1.91. The van der Waals surface area contributed by atoms with Crippen molar-refractivity contribution in [2.24, 2.45) is 12.5 Å². The molecule has 2 fully saturated rings. The molecular formula is C24H27N8+. The van der Waals surface area contributed by atoms with E-state index >= 15 is 0 Å². The van der Waals surface area contributed by atoms with Gasteiger partial charge >= 0.3 is 0 Å². The Morgan fingerprint density at radius 3 is 2.62 bits per heavy atom. The number of fused-ring (bicyclic) bond motifs is 1. The van der Waals surface area contributed by atoms with Gasteiger partial charge < -0.3 is 0 Å². The van der Waals surface area contributed by atoms with Crippen molar-refractivity contribution in [3.63, 3.8) is 0 Å². The molecule has 4 heterocycles. The van der Waals surface area contributed by atoms with Crippen LogP contribution in [0, 0.1) is 12.0 Å². The summed E-state index contributed by atoms with van der Waals surface area (Å²) in [6.45, 7) is 7.85. The van der Waals surface area contributed by atoms with Gasteiger partial charge in [-0.05, 0) is 50.2 Å². The van der Waals surface area contributed by atoms with E-state index in [2.05, 4.69) is 32.8 Å². The highest BCUT2D eigenvalue weighted by Crippen LogP contribution is 2.59. The number of aromatic nitrogens is 7. The molecule has 1 spiro atoms. The first-order chi connectivity index (χ1) is 15.5. The molecule has 0 N–H and O–H groups in total. The standard InChI is InChI=1S/C24H27N8/c1-23(15-24(16-23)8-4-18(25-2)5-9-24)32-13-17(12-27-32)22-21-6-10-26-31(21)14-20(28-22)19-7-11-30(3)29-19/h2,6-7,10-14,18H,4-5,8-9,15-16H2,1,3H3/q+1. The maximum atomic E-state index is 5.53. The molecule has 0 unspecified atom stereocenters. The summed E-state index contributed by atoms with van der Waals surface area (Å²) in [6, 6.07) is 4.30. The van der Waals surface area contributed by atoms with E-state index in [1.54, 1.807) is 10.9 Å². The van der Waals surface area contributed by atoms with Crippen LogP contribution in [0.25, 0.3) is 33.0 Å². The first kappa shape index (κ1) is 19.2. The number of nitrogens with zero attached hydrogens (tertiary/aromatic N) is 8. The number of hydrogen-bond acceptors (Lipinski definition) is 4. The molecule has 0 aliphatic heterocycles. The molecule has 0 saturated heterocycles. The quantitative estimate of drug-likeness (QED) is 0.486. The molecule has 8 heteroatoms. The molecule has 2 aliphatic rings. The van der Waals surface area contributed by atoms with Crippen molar-refractivity contribution in [2.45, 2.75) is 57.0 Å². The van der Waals surface area contributed by atoms with E-state index < -0.39 is 0 Å². The molecule has 32 heavy (non-hydrogen) atoms.